The molecule has 31 heavy (non-hydrogen) atoms. The third-order valence-electron chi connectivity index (χ3n) is 5.42. The van der Waals surface area contributed by atoms with Gasteiger partial charge in [-0.05, 0) is 36.3 Å². The lowest BCUT2D eigenvalue weighted by atomic mass is 10.1. The molecule has 1 aromatic carbocycles. The quantitative estimate of drug-likeness (QED) is 0.776. The monoisotopic (exact) mass is 425 g/mol. The lowest BCUT2D eigenvalue weighted by Gasteiger charge is -2.36. The topological polar surface area (TPSA) is 104 Å². The van der Waals surface area contributed by atoms with Gasteiger partial charge in [0.05, 0.1) is 18.4 Å². The van der Waals surface area contributed by atoms with Crippen molar-refractivity contribution in [3.63, 3.8) is 0 Å². The van der Waals surface area contributed by atoms with Crippen LogP contribution in [0.2, 0.25) is 0 Å². The fourth-order valence-electron chi connectivity index (χ4n) is 3.69. The molecule has 1 saturated heterocycles. The van der Waals surface area contributed by atoms with E-state index in [0.717, 1.165) is 18.2 Å². The SMILES string of the molecule is CN1C(N2CCCO[C@@H](c3ccc(C(N)=O)cc3)C2)=NC(c2ccncc2F)=CC1O. The number of ether oxygens (including phenoxy) is 1. The molecule has 9 heteroatoms. The number of aliphatic hydroxyl groups excluding tert-OH is 1. The third kappa shape index (κ3) is 4.42. The number of aliphatic imine (C=N–C) groups is 1. The summed E-state index contributed by atoms with van der Waals surface area (Å²) in [5.41, 5.74) is 7.31. The first-order chi connectivity index (χ1) is 14.9. The van der Waals surface area contributed by atoms with Crippen LogP contribution in [0.25, 0.3) is 5.70 Å². The lowest BCUT2D eigenvalue weighted by Crippen LogP contribution is -2.49. The summed E-state index contributed by atoms with van der Waals surface area (Å²) < 4.78 is 20.3. The average molecular weight is 425 g/mol. The maximum absolute atomic E-state index is 14.3. The largest absolute Gasteiger partial charge is 0.372 e. The zero-order valence-electron chi connectivity index (χ0n) is 17.1. The Morgan fingerprint density at radius 1 is 1.29 bits per heavy atom. The summed E-state index contributed by atoms with van der Waals surface area (Å²) >= 11 is 0. The second-order valence-corrected chi connectivity index (χ2v) is 7.49. The number of likely N-dealkylation sites (N-methyl/N-ethyl adjacent to an activating group) is 1. The van der Waals surface area contributed by atoms with Crippen LogP contribution in [0, 0.1) is 5.82 Å². The van der Waals surface area contributed by atoms with Crippen LogP contribution in [0.15, 0.2) is 53.8 Å². The Bertz CT molecular complexity index is 1020. The van der Waals surface area contributed by atoms with Crippen molar-refractivity contribution < 1.29 is 19.0 Å². The van der Waals surface area contributed by atoms with Crippen molar-refractivity contribution in [2.24, 2.45) is 10.7 Å². The summed E-state index contributed by atoms with van der Waals surface area (Å²) in [6.45, 7) is 1.70. The first-order valence-electron chi connectivity index (χ1n) is 10.0. The van der Waals surface area contributed by atoms with Crippen molar-refractivity contribution in [1.82, 2.24) is 14.8 Å². The summed E-state index contributed by atoms with van der Waals surface area (Å²) in [5, 5.41) is 10.6. The zero-order valence-corrected chi connectivity index (χ0v) is 17.1. The van der Waals surface area contributed by atoms with Gasteiger partial charge in [-0.15, -0.1) is 0 Å². The van der Waals surface area contributed by atoms with E-state index in [1.165, 1.54) is 18.3 Å². The molecule has 0 spiro atoms. The van der Waals surface area contributed by atoms with E-state index in [-0.39, 0.29) is 11.7 Å². The van der Waals surface area contributed by atoms with Crippen molar-refractivity contribution in [3.8, 4) is 0 Å². The van der Waals surface area contributed by atoms with E-state index in [2.05, 4.69) is 9.98 Å². The zero-order chi connectivity index (χ0) is 22.0. The van der Waals surface area contributed by atoms with E-state index in [4.69, 9.17) is 10.5 Å². The summed E-state index contributed by atoms with van der Waals surface area (Å²) in [5.74, 6) is -0.449. The fraction of sp³-hybridized carbons (Fsp3) is 0.318. The number of hydrogen-bond donors (Lipinski definition) is 2. The van der Waals surface area contributed by atoms with Gasteiger partial charge in [-0.2, -0.15) is 0 Å². The van der Waals surface area contributed by atoms with Crippen molar-refractivity contribution in [3.05, 3.63) is 71.3 Å². The van der Waals surface area contributed by atoms with Crippen LogP contribution in [-0.4, -0.2) is 64.7 Å². The first kappa shape index (κ1) is 21.0. The lowest BCUT2D eigenvalue weighted by molar-refractivity contribution is 0.0561. The van der Waals surface area contributed by atoms with E-state index in [0.29, 0.717) is 36.9 Å². The van der Waals surface area contributed by atoms with Gasteiger partial charge in [0, 0.05) is 37.5 Å². The Morgan fingerprint density at radius 3 is 2.77 bits per heavy atom. The molecule has 0 bridgehead atoms. The van der Waals surface area contributed by atoms with E-state index in [1.54, 1.807) is 24.1 Å². The Labute approximate surface area is 179 Å². The Hall–Kier alpha value is -3.30. The van der Waals surface area contributed by atoms with Gasteiger partial charge >= 0.3 is 0 Å². The highest BCUT2D eigenvalue weighted by Gasteiger charge is 2.30. The summed E-state index contributed by atoms with van der Waals surface area (Å²) in [6, 6.07) is 8.55. The number of guanidine groups is 1. The minimum Gasteiger partial charge on any atom is -0.372 e. The number of aliphatic hydroxyl groups is 1. The van der Waals surface area contributed by atoms with Crippen LogP contribution < -0.4 is 5.73 Å². The summed E-state index contributed by atoms with van der Waals surface area (Å²) in [7, 11) is 1.74. The van der Waals surface area contributed by atoms with E-state index < -0.39 is 18.0 Å². The molecule has 2 aliphatic rings. The standard InChI is InChI=1S/C22H24FN5O3/c1-27-20(29)11-18(16-7-8-25-12-17(16)23)26-22(27)28-9-2-10-31-19(13-28)14-3-5-15(6-4-14)21(24)30/h3-8,11-12,19-20,29H,2,9-10,13H2,1H3,(H2,24,30)/t19-,20?/m1/s1. The van der Waals surface area contributed by atoms with Gasteiger partial charge in [-0.3, -0.25) is 9.78 Å². The van der Waals surface area contributed by atoms with Crippen LogP contribution in [-0.2, 0) is 4.74 Å². The van der Waals surface area contributed by atoms with Crippen LogP contribution in [0.4, 0.5) is 4.39 Å². The number of aromatic nitrogens is 1. The molecule has 3 heterocycles. The predicted molar refractivity (Wildman–Crippen MR) is 113 cm³/mol. The first-order valence-corrected chi connectivity index (χ1v) is 10.0. The molecule has 0 saturated carbocycles. The van der Waals surface area contributed by atoms with Crippen molar-refractivity contribution >= 4 is 17.6 Å². The maximum atomic E-state index is 14.3. The molecule has 4 rings (SSSR count). The van der Waals surface area contributed by atoms with E-state index in [9.17, 15) is 14.3 Å². The smallest absolute Gasteiger partial charge is 0.248 e. The van der Waals surface area contributed by atoms with Crippen molar-refractivity contribution in [2.75, 3.05) is 26.7 Å². The van der Waals surface area contributed by atoms with Gasteiger partial charge < -0.3 is 25.4 Å². The summed E-state index contributed by atoms with van der Waals surface area (Å²) in [6.07, 6.45) is 3.68. The number of nitrogens with zero attached hydrogens (tertiary/aromatic N) is 4. The molecule has 1 unspecified atom stereocenters. The molecule has 0 radical (unpaired) electrons. The molecule has 1 fully saturated rings. The average Bonchev–Trinajstić information content (AvgIpc) is 3.02. The fourth-order valence-corrected chi connectivity index (χ4v) is 3.69. The number of benzene rings is 1. The molecular weight excluding hydrogens is 401 g/mol. The molecule has 162 valence electrons. The molecule has 0 aliphatic carbocycles. The number of halogens is 1. The molecule has 2 aliphatic heterocycles. The molecule has 8 nitrogen and oxygen atoms in total. The van der Waals surface area contributed by atoms with Gasteiger partial charge in [-0.25, -0.2) is 9.38 Å². The molecule has 2 atom stereocenters. The van der Waals surface area contributed by atoms with E-state index >= 15 is 0 Å². The summed E-state index contributed by atoms with van der Waals surface area (Å²) in [4.78, 5) is 23.4. The van der Waals surface area contributed by atoms with Crippen LogP contribution in [0.5, 0.6) is 0 Å². The number of nitrogens with two attached hydrogens (primary N) is 1. The highest BCUT2D eigenvalue weighted by Crippen LogP contribution is 2.28. The van der Waals surface area contributed by atoms with Crippen LogP contribution in [0.1, 0.15) is 34.0 Å². The Morgan fingerprint density at radius 2 is 2.06 bits per heavy atom. The number of rotatable bonds is 3. The van der Waals surface area contributed by atoms with Gasteiger partial charge in [0.1, 0.15) is 6.10 Å². The molecule has 1 amide bonds. The number of pyridine rings is 1. The van der Waals surface area contributed by atoms with E-state index in [1.807, 2.05) is 17.0 Å². The van der Waals surface area contributed by atoms with Crippen LogP contribution in [0.3, 0.4) is 0 Å². The maximum Gasteiger partial charge on any atom is 0.248 e. The molecule has 3 N–H and O–H groups in total. The highest BCUT2D eigenvalue weighted by molar-refractivity contribution is 5.92. The Kier molecular flexibility index (Phi) is 5.97. The number of carbonyl (C=O) groups is 1. The molecule has 1 aromatic heterocycles. The minimum absolute atomic E-state index is 0.260. The minimum atomic E-state index is -0.951. The number of primary amides is 1. The number of hydrogen-bond acceptors (Lipinski definition) is 7. The number of carbonyl (C=O) groups excluding carboxylic acids is 1. The van der Waals surface area contributed by atoms with Crippen LogP contribution >= 0.6 is 0 Å². The van der Waals surface area contributed by atoms with Gasteiger partial charge in [0.15, 0.2) is 12.0 Å². The Balaban J connectivity index is 1.62. The third-order valence-corrected chi connectivity index (χ3v) is 5.42. The van der Waals surface area contributed by atoms with Crippen molar-refractivity contribution in [2.45, 2.75) is 18.8 Å². The molecule has 2 aromatic rings. The normalized spacial score (nSPS) is 21.9. The molecular formula is C22H24FN5O3. The second-order valence-electron chi connectivity index (χ2n) is 7.49. The number of amides is 1. The van der Waals surface area contributed by atoms with Gasteiger partial charge in [0.25, 0.3) is 0 Å². The van der Waals surface area contributed by atoms with Gasteiger partial charge in [-0.1, -0.05) is 12.1 Å². The van der Waals surface area contributed by atoms with Gasteiger partial charge in [0.2, 0.25) is 11.9 Å². The predicted octanol–water partition coefficient (Wildman–Crippen LogP) is 1.74. The van der Waals surface area contributed by atoms with Crippen molar-refractivity contribution in [1.29, 1.82) is 0 Å². The second kappa shape index (κ2) is 8.83. The highest BCUT2D eigenvalue weighted by atomic mass is 19.1.